The molecule has 1 aromatic heterocycles. The predicted molar refractivity (Wildman–Crippen MR) is 83.9 cm³/mol. The molecule has 0 atom stereocenters. The third kappa shape index (κ3) is 3.49. The fraction of sp³-hybridized carbons (Fsp3) is 0.357. The molecule has 0 bridgehead atoms. The van der Waals surface area contributed by atoms with Gasteiger partial charge in [0.15, 0.2) is 11.5 Å². The van der Waals surface area contributed by atoms with Gasteiger partial charge >= 0.3 is 0 Å². The van der Waals surface area contributed by atoms with E-state index in [2.05, 4.69) is 22.2 Å². The highest BCUT2D eigenvalue weighted by atomic mass is 32.1. The normalized spacial score (nSPS) is 11.0. The van der Waals surface area contributed by atoms with Crippen molar-refractivity contribution >= 4 is 18.4 Å². The van der Waals surface area contributed by atoms with E-state index in [-0.39, 0.29) is 0 Å². The van der Waals surface area contributed by atoms with Crippen molar-refractivity contribution in [3.05, 3.63) is 34.4 Å². The Morgan fingerprint density at radius 3 is 2.90 bits per heavy atom. The average Bonchev–Trinajstić information content (AvgIpc) is 2.82. The molecule has 1 heterocycles. The number of hydrogen-bond acceptors (Lipinski definition) is 5. The third-order valence-corrected chi connectivity index (χ3v) is 3.07. The van der Waals surface area contributed by atoms with Crippen molar-refractivity contribution in [2.24, 2.45) is 5.10 Å². The average molecular weight is 306 g/mol. The highest BCUT2D eigenvalue weighted by Crippen LogP contribution is 2.30. The number of para-hydroxylation sites is 1. The molecule has 0 amide bonds. The Bertz CT molecular complexity index is 691. The summed E-state index contributed by atoms with van der Waals surface area (Å²) in [5.74, 6) is 2.05. The van der Waals surface area contributed by atoms with Crippen LogP contribution in [0.25, 0.3) is 0 Å². The van der Waals surface area contributed by atoms with Gasteiger partial charge in [-0.15, -0.1) is 0 Å². The van der Waals surface area contributed by atoms with Gasteiger partial charge in [-0.25, -0.2) is 0 Å². The number of H-pyrrole nitrogens is 1. The number of benzene rings is 1. The van der Waals surface area contributed by atoms with Crippen LogP contribution in [0.4, 0.5) is 0 Å². The van der Waals surface area contributed by atoms with Gasteiger partial charge in [-0.05, 0) is 37.7 Å². The van der Waals surface area contributed by atoms with E-state index in [0.717, 1.165) is 12.0 Å². The topological polar surface area (TPSA) is 64.4 Å². The Kier molecular flexibility index (Phi) is 5.10. The Morgan fingerprint density at radius 1 is 1.48 bits per heavy atom. The minimum absolute atomic E-state index is 0.447. The second-order valence-electron chi connectivity index (χ2n) is 4.36. The van der Waals surface area contributed by atoms with Crippen molar-refractivity contribution in [1.82, 2.24) is 14.9 Å². The number of aryl methyl sites for hydroxylation is 1. The Balaban J connectivity index is 2.37. The summed E-state index contributed by atoms with van der Waals surface area (Å²) in [6.45, 7) is 4.49. The zero-order chi connectivity index (χ0) is 15.2. The number of nitrogens with zero attached hydrogens (tertiary/aromatic N) is 3. The van der Waals surface area contributed by atoms with Crippen LogP contribution in [0, 0.1) is 11.7 Å². The van der Waals surface area contributed by atoms with Crippen molar-refractivity contribution in [2.45, 2.75) is 20.3 Å². The van der Waals surface area contributed by atoms with Crippen LogP contribution in [0.5, 0.6) is 11.5 Å². The lowest BCUT2D eigenvalue weighted by atomic mass is 10.2. The molecule has 6 nitrogen and oxygen atoms in total. The zero-order valence-corrected chi connectivity index (χ0v) is 13.1. The third-order valence-electron chi connectivity index (χ3n) is 2.80. The standard InChI is InChI=1S/C14H18N4O2S/c1-4-8-20-13-11(6-5-7-12(13)19-3)9-15-18-10(2)16-17-14(18)21/h5-7,9H,4,8H2,1-3H3,(H,17,21)/b15-9-. The number of methoxy groups -OCH3 is 1. The molecular formula is C14H18N4O2S. The van der Waals surface area contributed by atoms with Gasteiger partial charge in [0.05, 0.1) is 19.9 Å². The minimum atomic E-state index is 0.447. The molecule has 1 N–H and O–H groups in total. The quantitative estimate of drug-likeness (QED) is 0.658. The second kappa shape index (κ2) is 7.03. The van der Waals surface area contributed by atoms with Crippen LogP contribution in [-0.4, -0.2) is 34.8 Å². The van der Waals surface area contributed by atoms with Crippen molar-refractivity contribution in [2.75, 3.05) is 13.7 Å². The first-order valence-electron chi connectivity index (χ1n) is 6.65. The molecule has 0 saturated heterocycles. The molecule has 1 aromatic carbocycles. The van der Waals surface area contributed by atoms with Gasteiger partial charge in [-0.2, -0.15) is 14.9 Å². The molecule has 0 aliphatic carbocycles. The lowest BCUT2D eigenvalue weighted by Gasteiger charge is -2.12. The van der Waals surface area contributed by atoms with Gasteiger partial charge in [0, 0.05) is 5.56 Å². The van der Waals surface area contributed by atoms with E-state index in [1.165, 1.54) is 0 Å². The highest BCUT2D eigenvalue weighted by Gasteiger charge is 2.09. The summed E-state index contributed by atoms with van der Waals surface area (Å²) in [7, 11) is 1.62. The molecule has 0 aliphatic rings. The van der Waals surface area contributed by atoms with Crippen LogP contribution in [-0.2, 0) is 0 Å². The molecule has 21 heavy (non-hydrogen) atoms. The van der Waals surface area contributed by atoms with Crippen molar-refractivity contribution < 1.29 is 9.47 Å². The smallest absolute Gasteiger partial charge is 0.216 e. The first kappa shape index (κ1) is 15.2. The van der Waals surface area contributed by atoms with Gasteiger partial charge < -0.3 is 9.47 Å². The van der Waals surface area contributed by atoms with Crippen molar-refractivity contribution in [3.8, 4) is 11.5 Å². The zero-order valence-electron chi connectivity index (χ0n) is 12.3. The van der Waals surface area contributed by atoms with Crippen LogP contribution in [0.2, 0.25) is 0 Å². The first-order chi connectivity index (χ1) is 10.2. The second-order valence-corrected chi connectivity index (χ2v) is 4.75. The fourth-order valence-corrected chi connectivity index (χ4v) is 2.01. The van der Waals surface area contributed by atoms with Gasteiger partial charge in [-0.1, -0.05) is 13.0 Å². The number of rotatable bonds is 6. The summed E-state index contributed by atoms with van der Waals surface area (Å²) in [4.78, 5) is 0. The maximum Gasteiger partial charge on any atom is 0.216 e. The molecule has 0 radical (unpaired) electrons. The van der Waals surface area contributed by atoms with Crippen molar-refractivity contribution in [1.29, 1.82) is 0 Å². The van der Waals surface area contributed by atoms with E-state index in [4.69, 9.17) is 21.7 Å². The molecular weight excluding hydrogens is 288 g/mol. The van der Waals surface area contributed by atoms with Crippen molar-refractivity contribution in [3.63, 3.8) is 0 Å². The SMILES string of the molecule is CCCOc1c(/C=N\n2c(C)n[nH]c2=S)cccc1OC. The fourth-order valence-electron chi connectivity index (χ4n) is 1.78. The molecule has 0 aliphatic heterocycles. The number of hydrogen-bond donors (Lipinski definition) is 1. The van der Waals surface area contributed by atoms with Crippen LogP contribution in [0.15, 0.2) is 23.3 Å². The largest absolute Gasteiger partial charge is 0.493 e. The summed E-state index contributed by atoms with van der Waals surface area (Å²) in [6.07, 6.45) is 2.60. The van der Waals surface area contributed by atoms with Crippen LogP contribution >= 0.6 is 12.2 Å². The minimum Gasteiger partial charge on any atom is -0.493 e. The van der Waals surface area contributed by atoms with E-state index >= 15 is 0 Å². The van der Waals surface area contributed by atoms with E-state index in [9.17, 15) is 0 Å². The van der Waals surface area contributed by atoms with Crippen LogP contribution < -0.4 is 9.47 Å². The first-order valence-corrected chi connectivity index (χ1v) is 7.06. The molecule has 0 spiro atoms. The molecule has 0 unspecified atom stereocenters. The summed E-state index contributed by atoms with van der Waals surface area (Å²) >= 11 is 5.11. The molecule has 112 valence electrons. The monoisotopic (exact) mass is 306 g/mol. The van der Waals surface area contributed by atoms with Gasteiger partial charge in [0.2, 0.25) is 4.77 Å². The number of nitrogens with one attached hydrogen (secondary N) is 1. The lowest BCUT2D eigenvalue weighted by molar-refractivity contribution is 0.294. The molecule has 0 saturated carbocycles. The van der Waals surface area contributed by atoms with E-state index in [0.29, 0.717) is 28.7 Å². The molecule has 2 aromatic rings. The Hall–Kier alpha value is -2.15. The lowest BCUT2D eigenvalue weighted by Crippen LogP contribution is -2.02. The van der Waals surface area contributed by atoms with Crippen LogP contribution in [0.1, 0.15) is 24.7 Å². The highest BCUT2D eigenvalue weighted by molar-refractivity contribution is 7.71. The Morgan fingerprint density at radius 2 is 2.29 bits per heavy atom. The molecule has 7 heteroatoms. The summed E-state index contributed by atoms with van der Waals surface area (Å²) in [5, 5.41) is 11.0. The van der Waals surface area contributed by atoms with E-state index in [1.807, 2.05) is 25.1 Å². The molecule has 2 rings (SSSR count). The van der Waals surface area contributed by atoms with E-state index in [1.54, 1.807) is 18.0 Å². The van der Waals surface area contributed by atoms with E-state index < -0.39 is 0 Å². The van der Waals surface area contributed by atoms with Gasteiger partial charge in [-0.3, -0.25) is 5.10 Å². The number of aromatic nitrogens is 3. The Labute approximate surface area is 128 Å². The summed E-state index contributed by atoms with van der Waals surface area (Å²) in [6, 6.07) is 5.66. The maximum atomic E-state index is 5.76. The van der Waals surface area contributed by atoms with Crippen LogP contribution in [0.3, 0.4) is 0 Å². The summed E-state index contributed by atoms with van der Waals surface area (Å²) in [5.41, 5.74) is 0.824. The number of aromatic amines is 1. The number of ether oxygens (including phenoxy) is 2. The maximum absolute atomic E-state index is 5.76. The van der Waals surface area contributed by atoms with Gasteiger partial charge in [0.25, 0.3) is 0 Å². The molecule has 0 fully saturated rings. The van der Waals surface area contributed by atoms with Gasteiger partial charge in [0.1, 0.15) is 5.82 Å². The predicted octanol–water partition coefficient (Wildman–Crippen LogP) is 2.93. The summed E-state index contributed by atoms with van der Waals surface area (Å²) < 4.78 is 13.1.